The Labute approximate surface area is 450 Å². The van der Waals surface area contributed by atoms with E-state index in [4.69, 9.17) is 23.7 Å². The Bertz CT molecular complexity index is 2350. The minimum absolute atomic E-state index is 0.126. The molecule has 1 heterocycles. The molecule has 0 fully saturated rings. The Balaban J connectivity index is 1.00. The van der Waals surface area contributed by atoms with Crippen LogP contribution in [0.15, 0.2) is 103 Å². The summed E-state index contributed by atoms with van der Waals surface area (Å²) in [4.78, 5) is 48.8. The summed E-state index contributed by atoms with van der Waals surface area (Å²) in [5.41, 5.74) is 4.65. The average Bonchev–Trinajstić information content (AvgIpc) is 3.42. The second kappa shape index (κ2) is 36.0. The van der Waals surface area contributed by atoms with Gasteiger partial charge in [-0.3, -0.25) is 4.79 Å². The number of carbonyl (C=O) groups excluding carboxylic acids is 3. The van der Waals surface area contributed by atoms with Crippen molar-refractivity contribution in [1.29, 1.82) is 0 Å². The van der Waals surface area contributed by atoms with Crippen LogP contribution >= 0.6 is 0 Å². The van der Waals surface area contributed by atoms with E-state index < -0.39 is 11.9 Å². The molecule has 0 aliphatic carbocycles. The number of rotatable bonds is 39. The topological polar surface area (TPSA) is 123 Å². The number of esters is 3. The van der Waals surface area contributed by atoms with Crippen molar-refractivity contribution in [2.75, 3.05) is 13.2 Å². The summed E-state index contributed by atoms with van der Waals surface area (Å²) < 4.78 is 29.4. The van der Waals surface area contributed by atoms with E-state index in [0.717, 1.165) is 112 Å². The molecule has 406 valence electrons. The molecule has 0 saturated carbocycles. The molecule has 0 radical (unpaired) electrons. The fourth-order valence-corrected chi connectivity index (χ4v) is 9.00. The van der Waals surface area contributed by atoms with Gasteiger partial charge < -0.3 is 23.7 Å². The van der Waals surface area contributed by atoms with Crippen molar-refractivity contribution in [2.45, 2.75) is 207 Å². The molecular weight excluding hydrogens is 937 g/mol. The van der Waals surface area contributed by atoms with Crippen LogP contribution in [0.3, 0.4) is 0 Å². The highest BCUT2D eigenvalue weighted by Gasteiger charge is 2.20. The molecule has 5 aromatic rings. The number of aromatic nitrogens is 2. The molecule has 10 nitrogen and oxygen atoms in total. The molecule has 0 spiro atoms. The molecular formula is C65H88N2O8. The van der Waals surface area contributed by atoms with E-state index >= 15 is 0 Å². The van der Waals surface area contributed by atoms with E-state index in [1.54, 1.807) is 42.5 Å². The van der Waals surface area contributed by atoms with Gasteiger partial charge in [-0.1, -0.05) is 167 Å². The standard InChI is InChI=1S/C65H88N2O8/c1-5-8-11-14-20-25-30-52-49-66-63(67-50-52)55-38-40-57(41-39-55)71-46-27-23-19-17-16-18-21-26-31-62(68)75-61-48-59(72-47-28-22-15-12-9-6-2)44-45-60(61)65(70)74-58-42-36-54(37-43-58)53-32-34-56(35-33-53)64(69)73-51(4)29-24-13-10-7-3/h32-45,48-51H,5-31,46-47H2,1-4H3. The van der Waals surface area contributed by atoms with Crippen LogP contribution in [0.25, 0.3) is 22.5 Å². The molecule has 75 heavy (non-hydrogen) atoms. The molecule has 10 heteroatoms. The van der Waals surface area contributed by atoms with Crippen LogP contribution < -0.4 is 18.9 Å². The van der Waals surface area contributed by atoms with Crippen molar-refractivity contribution < 1.29 is 38.1 Å². The second-order valence-corrected chi connectivity index (χ2v) is 20.2. The molecule has 1 atom stereocenters. The zero-order valence-electron chi connectivity index (χ0n) is 46.1. The van der Waals surface area contributed by atoms with Crippen LogP contribution in [0.5, 0.6) is 23.0 Å². The highest BCUT2D eigenvalue weighted by Crippen LogP contribution is 2.30. The molecule has 0 amide bonds. The van der Waals surface area contributed by atoms with Crippen molar-refractivity contribution in [2.24, 2.45) is 0 Å². The zero-order valence-corrected chi connectivity index (χ0v) is 46.1. The maximum atomic E-state index is 13.6. The Kier molecular flexibility index (Phi) is 28.8. The average molecular weight is 1030 g/mol. The van der Waals surface area contributed by atoms with Gasteiger partial charge in [0.1, 0.15) is 28.6 Å². The van der Waals surface area contributed by atoms with Gasteiger partial charge in [0.15, 0.2) is 5.82 Å². The number of carbonyl (C=O) groups is 3. The summed E-state index contributed by atoms with van der Waals surface area (Å²) in [7, 11) is 0. The number of benzene rings is 4. The first-order valence-corrected chi connectivity index (χ1v) is 28.9. The Morgan fingerprint density at radius 3 is 1.55 bits per heavy atom. The minimum Gasteiger partial charge on any atom is -0.494 e. The van der Waals surface area contributed by atoms with E-state index in [-0.39, 0.29) is 29.8 Å². The van der Waals surface area contributed by atoms with Crippen LogP contribution in [0, 0.1) is 0 Å². The second-order valence-electron chi connectivity index (χ2n) is 20.2. The first kappa shape index (κ1) is 59.8. The van der Waals surface area contributed by atoms with Gasteiger partial charge in [-0.2, -0.15) is 0 Å². The first-order chi connectivity index (χ1) is 36.8. The molecule has 0 N–H and O–H groups in total. The number of hydrogen-bond acceptors (Lipinski definition) is 10. The van der Waals surface area contributed by atoms with Crippen LogP contribution in [0.1, 0.15) is 221 Å². The molecule has 0 aliphatic rings. The molecule has 1 unspecified atom stereocenters. The lowest BCUT2D eigenvalue weighted by Gasteiger charge is -2.14. The normalized spacial score (nSPS) is 11.5. The highest BCUT2D eigenvalue weighted by atomic mass is 16.6. The predicted octanol–water partition coefficient (Wildman–Crippen LogP) is 17.7. The van der Waals surface area contributed by atoms with Gasteiger partial charge in [-0.05, 0) is 129 Å². The van der Waals surface area contributed by atoms with Gasteiger partial charge in [-0.25, -0.2) is 19.6 Å². The maximum absolute atomic E-state index is 13.6. The summed E-state index contributed by atoms with van der Waals surface area (Å²) in [6.45, 7) is 9.80. The number of hydrogen-bond donors (Lipinski definition) is 0. The van der Waals surface area contributed by atoms with Crippen molar-refractivity contribution in [3.8, 4) is 45.5 Å². The summed E-state index contributed by atoms with van der Waals surface area (Å²) in [6, 6.07) is 27.5. The SMILES string of the molecule is CCCCCCCCOc1ccc(C(=O)Oc2ccc(-c3ccc(C(=O)OC(C)CCCCCC)cc3)cc2)c(OC(=O)CCCCCCCCCCOc2ccc(-c3ncc(CCCCCCCC)cn3)cc2)c1. The Hall–Kier alpha value is -6.03. The van der Waals surface area contributed by atoms with E-state index in [2.05, 4.69) is 30.7 Å². The van der Waals surface area contributed by atoms with Crippen LogP contribution in [0.4, 0.5) is 0 Å². The number of aryl methyl sites for hydroxylation is 1. The molecule has 5 rings (SSSR count). The fourth-order valence-electron chi connectivity index (χ4n) is 9.00. The number of nitrogens with zero attached hydrogens (tertiary/aromatic N) is 2. The Morgan fingerprint density at radius 2 is 0.947 bits per heavy atom. The lowest BCUT2D eigenvalue weighted by molar-refractivity contribution is -0.134. The molecule has 1 aromatic heterocycles. The van der Waals surface area contributed by atoms with Gasteiger partial charge in [0.05, 0.1) is 24.9 Å². The molecule has 0 saturated heterocycles. The monoisotopic (exact) mass is 1020 g/mol. The van der Waals surface area contributed by atoms with E-state index in [1.165, 1.54) is 82.6 Å². The minimum atomic E-state index is -0.637. The fraction of sp³-hybridized carbons (Fsp3) is 0.523. The van der Waals surface area contributed by atoms with Crippen LogP contribution in [-0.4, -0.2) is 47.2 Å². The smallest absolute Gasteiger partial charge is 0.347 e. The highest BCUT2D eigenvalue weighted by molar-refractivity contribution is 5.95. The van der Waals surface area contributed by atoms with Crippen molar-refractivity contribution in [3.63, 3.8) is 0 Å². The quantitative estimate of drug-likeness (QED) is 0.0213. The van der Waals surface area contributed by atoms with Crippen molar-refractivity contribution in [1.82, 2.24) is 9.97 Å². The first-order valence-electron chi connectivity index (χ1n) is 28.9. The summed E-state index contributed by atoms with van der Waals surface area (Å²) in [5.74, 6) is 1.26. The van der Waals surface area contributed by atoms with Gasteiger partial charge in [0.25, 0.3) is 0 Å². The lowest BCUT2D eigenvalue weighted by Crippen LogP contribution is -2.15. The van der Waals surface area contributed by atoms with E-state index in [1.807, 2.05) is 67.8 Å². The summed E-state index contributed by atoms with van der Waals surface area (Å²) in [5, 5.41) is 0. The third-order valence-electron chi connectivity index (χ3n) is 13.6. The zero-order chi connectivity index (χ0) is 53.1. The third-order valence-corrected chi connectivity index (χ3v) is 13.6. The van der Waals surface area contributed by atoms with Gasteiger partial charge in [0.2, 0.25) is 0 Å². The van der Waals surface area contributed by atoms with Gasteiger partial charge in [0, 0.05) is 30.4 Å². The van der Waals surface area contributed by atoms with Crippen molar-refractivity contribution >= 4 is 17.9 Å². The molecule has 0 aliphatic heterocycles. The van der Waals surface area contributed by atoms with Crippen molar-refractivity contribution in [3.05, 3.63) is 120 Å². The van der Waals surface area contributed by atoms with Crippen LogP contribution in [-0.2, 0) is 16.0 Å². The maximum Gasteiger partial charge on any atom is 0.347 e. The van der Waals surface area contributed by atoms with Gasteiger partial charge >= 0.3 is 17.9 Å². The summed E-state index contributed by atoms with van der Waals surface area (Å²) in [6.07, 6.45) is 33.2. The van der Waals surface area contributed by atoms with E-state index in [0.29, 0.717) is 36.7 Å². The number of unbranched alkanes of at least 4 members (excludes halogenated alkanes) is 20. The van der Waals surface area contributed by atoms with Crippen LogP contribution in [0.2, 0.25) is 0 Å². The third kappa shape index (κ3) is 23.6. The Morgan fingerprint density at radius 1 is 0.467 bits per heavy atom. The summed E-state index contributed by atoms with van der Waals surface area (Å²) >= 11 is 0. The molecule has 0 bridgehead atoms. The van der Waals surface area contributed by atoms with E-state index in [9.17, 15) is 14.4 Å². The number of ether oxygens (including phenoxy) is 5. The predicted molar refractivity (Wildman–Crippen MR) is 303 cm³/mol. The molecule has 4 aromatic carbocycles. The van der Waals surface area contributed by atoms with Gasteiger partial charge in [-0.15, -0.1) is 0 Å². The lowest BCUT2D eigenvalue weighted by atomic mass is 10.0. The largest absolute Gasteiger partial charge is 0.494 e.